The monoisotopic (exact) mass is 343 g/mol. The normalized spacial score (nSPS) is 12.5. The molecule has 0 fully saturated rings. The number of rotatable bonds is 5. The summed E-state index contributed by atoms with van der Waals surface area (Å²) < 4.78 is 10.0. The number of esters is 1. The Bertz CT molecular complexity index is 743. The second-order valence-corrected chi connectivity index (χ2v) is 6.90. The molecular formula is C20H25NO4. The first kappa shape index (κ1) is 18.8. The molecule has 0 heterocycles. The molecule has 0 aliphatic heterocycles. The molecule has 0 saturated heterocycles. The Labute approximate surface area is 148 Å². The van der Waals surface area contributed by atoms with Crippen molar-refractivity contribution in [3.63, 3.8) is 0 Å². The minimum atomic E-state index is -0.751. The van der Waals surface area contributed by atoms with Crippen molar-refractivity contribution in [2.24, 2.45) is 0 Å². The second-order valence-electron chi connectivity index (χ2n) is 6.90. The fourth-order valence-electron chi connectivity index (χ4n) is 2.65. The number of ether oxygens (including phenoxy) is 2. The number of nitrogens with one attached hydrogen (secondary N) is 1. The second kappa shape index (κ2) is 8.01. The van der Waals surface area contributed by atoms with Crippen LogP contribution in [0.25, 0.3) is 10.8 Å². The van der Waals surface area contributed by atoms with Crippen LogP contribution in [0, 0.1) is 0 Å². The average molecular weight is 343 g/mol. The predicted octanol–water partition coefficient (Wildman–Crippen LogP) is 3.84. The number of carbonyl (C=O) groups excluding carboxylic acids is 2. The highest BCUT2D eigenvalue weighted by molar-refractivity contribution is 5.86. The van der Waals surface area contributed by atoms with Crippen LogP contribution in [0.4, 0.5) is 4.79 Å². The first-order valence-corrected chi connectivity index (χ1v) is 8.34. The number of benzene rings is 2. The highest BCUT2D eigenvalue weighted by Crippen LogP contribution is 2.20. The SMILES string of the molecule is COC(=O)C(CCc1cccc2ccccc12)NC(=O)OC(C)(C)C. The third kappa shape index (κ3) is 5.48. The summed E-state index contributed by atoms with van der Waals surface area (Å²) in [5.74, 6) is -0.480. The summed E-state index contributed by atoms with van der Waals surface area (Å²) in [7, 11) is 1.31. The summed E-state index contributed by atoms with van der Waals surface area (Å²) in [5.41, 5.74) is 0.499. The van der Waals surface area contributed by atoms with E-state index in [9.17, 15) is 9.59 Å². The van der Waals surface area contributed by atoms with E-state index in [1.54, 1.807) is 20.8 Å². The van der Waals surface area contributed by atoms with Crippen molar-refractivity contribution in [2.75, 3.05) is 7.11 Å². The van der Waals surface area contributed by atoms with Crippen molar-refractivity contribution in [3.8, 4) is 0 Å². The Balaban J connectivity index is 2.09. The van der Waals surface area contributed by atoms with Gasteiger partial charge in [0, 0.05) is 0 Å². The summed E-state index contributed by atoms with van der Waals surface area (Å²) >= 11 is 0. The molecule has 1 atom stereocenters. The van der Waals surface area contributed by atoms with Gasteiger partial charge in [-0.05, 0) is 49.9 Å². The van der Waals surface area contributed by atoms with E-state index in [0.717, 1.165) is 16.3 Å². The molecule has 0 spiro atoms. The molecule has 0 radical (unpaired) electrons. The number of hydrogen-bond donors (Lipinski definition) is 1. The molecule has 5 nitrogen and oxygen atoms in total. The zero-order valence-corrected chi connectivity index (χ0v) is 15.2. The highest BCUT2D eigenvalue weighted by Gasteiger charge is 2.25. The van der Waals surface area contributed by atoms with E-state index in [-0.39, 0.29) is 0 Å². The third-order valence-corrected chi connectivity index (χ3v) is 3.76. The lowest BCUT2D eigenvalue weighted by Gasteiger charge is -2.22. The standard InChI is InChI=1S/C20H25NO4/c1-20(2,3)25-19(23)21-17(18(22)24-4)13-12-15-10-7-9-14-8-5-6-11-16(14)15/h5-11,17H,12-13H2,1-4H3,(H,21,23). The number of hydrogen-bond acceptors (Lipinski definition) is 4. The fraction of sp³-hybridized carbons (Fsp3) is 0.400. The van der Waals surface area contributed by atoms with E-state index in [4.69, 9.17) is 9.47 Å². The fourth-order valence-corrected chi connectivity index (χ4v) is 2.65. The number of fused-ring (bicyclic) bond motifs is 1. The van der Waals surface area contributed by atoms with Crippen LogP contribution in [-0.2, 0) is 20.7 Å². The molecule has 5 heteroatoms. The van der Waals surface area contributed by atoms with Gasteiger partial charge in [0.05, 0.1) is 7.11 Å². The van der Waals surface area contributed by atoms with E-state index in [1.807, 2.05) is 24.3 Å². The smallest absolute Gasteiger partial charge is 0.408 e. The van der Waals surface area contributed by atoms with Crippen molar-refractivity contribution in [3.05, 3.63) is 48.0 Å². The van der Waals surface area contributed by atoms with Gasteiger partial charge in [-0.25, -0.2) is 9.59 Å². The maximum atomic E-state index is 12.0. The van der Waals surface area contributed by atoms with E-state index < -0.39 is 23.7 Å². The predicted molar refractivity (Wildman–Crippen MR) is 97.4 cm³/mol. The molecule has 1 N–H and O–H groups in total. The van der Waals surface area contributed by atoms with E-state index in [0.29, 0.717) is 12.8 Å². The first-order valence-electron chi connectivity index (χ1n) is 8.34. The van der Waals surface area contributed by atoms with E-state index in [2.05, 4.69) is 23.5 Å². The largest absolute Gasteiger partial charge is 0.467 e. The number of amides is 1. The molecule has 134 valence electrons. The molecule has 0 bridgehead atoms. The van der Waals surface area contributed by atoms with Crippen LogP contribution in [0.2, 0.25) is 0 Å². The summed E-state index contributed by atoms with van der Waals surface area (Å²) in [5, 5.41) is 4.90. The van der Waals surface area contributed by atoms with Gasteiger partial charge in [-0.15, -0.1) is 0 Å². The lowest BCUT2D eigenvalue weighted by molar-refractivity contribution is -0.143. The zero-order chi connectivity index (χ0) is 18.4. The number of carbonyl (C=O) groups is 2. The Hall–Kier alpha value is -2.56. The molecule has 2 aromatic rings. The summed E-state index contributed by atoms with van der Waals surface area (Å²) in [6.45, 7) is 5.32. The van der Waals surface area contributed by atoms with Gasteiger partial charge < -0.3 is 14.8 Å². The summed E-state index contributed by atoms with van der Waals surface area (Å²) in [6, 6.07) is 13.4. The highest BCUT2D eigenvalue weighted by atomic mass is 16.6. The van der Waals surface area contributed by atoms with Gasteiger partial charge in [-0.3, -0.25) is 0 Å². The summed E-state index contributed by atoms with van der Waals surface area (Å²) in [6.07, 6.45) is 0.442. The van der Waals surface area contributed by atoms with Crippen LogP contribution in [-0.4, -0.2) is 30.8 Å². The lowest BCUT2D eigenvalue weighted by atomic mass is 9.99. The van der Waals surface area contributed by atoms with Gasteiger partial charge in [0.15, 0.2) is 0 Å². The molecule has 0 aliphatic rings. The minimum absolute atomic E-state index is 0.430. The van der Waals surface area contributed by atoms with Gasteiger partial charge in [0.1, 0.15) is 11.6 Å². The maximum absolute atomic E-state index is 12.0. The molecule has 1 unspecified atom stereocenters. The third-order valence-electron chi connectivity index (χ3n) is 3.76. The lowest BCUT2D eigenvalue weighted by Crippen LogP contribution is -2.44. The first-order chi connectivity index (χ1) is 11.8. The van der Waals surface area contributed by atoms with E-state index >= 15 is 0 Å². The van der Waals surface area contributed by atoms with Gasteiger partial charge in [-0.2, -0.15) is 0 Å². The van der Waals surface area contributed by atoms with Gasteiger partial charge >= 0.3 is 12.1 Å². The Kier molecular flexibility index (Phi) is 6.02. The molecular weight excluding hydrogens is 318 g/mol. The van der Waals surface area contributed by atoms with Crippen molar-refractivity contribution >= 4 is 22.8 Å². The van der Waals surface area contributed by atoms with Gasteiger partial charge in [0.2, 0.25) is 0 Å². The average Bonchev–Trinajstić information content (AvgIpc) is 2.56. The number of aryl methyl sites for hydroxylation is 1. The van der Waals surface area contributed by atoms with Crippen molar-refractivity contribution in [1.29, 1.82) is 0 Å². The van der Waals surface area contributed by atoms with Gasteiger partial charge in [0.25, 0.3) is 0 Å². The maximum Gasteiger partial charge on any atom is 0.408 e. The van der Waals surface area contributed by atoms with Crippen molar-refractivity contribution in [2.45, 2.75) is 45.3 Å². The molecule has 0 aliphatic carbocycles. The quantitative estimate of drug-likeness (QED) is 0.838. The molecule has 1 amide bonds. The zero-order valence-electron chi connectivity index (χ0n) is 15.2. The molecule has 25 heavy (non-hydrogen) atoms. The Morgan fingerprint density at radius 2 is 1.76 bits per heavy atom. The number of alkyl carbamates (subject to hydrolysis) is 1. The molecule has 0 saturated carbocycles. The van der Waals surface area contributed by atoms with E-state index in [1.165, 1.54) is 7.11 Å². The Morgan fingerprint density at radius 3 is 2.44 bits per heavy atom. The van der Waals surface area contributed by atoms with Crippen LogP contribution >= 0.6 is 0 Å². The molecule has 2 aromatic carbocycles. The van der Waals surface area contributed by atoms with Crippen LogP contribution in [0.1, 0.15) is 32.8 Å². The summed E-state index contributed by atoms with van der Waals surface area (Å²) in [4.78, 5) is 24.0. The van der Waals surface area contributed by atoms with Gasteiger partial charge in [-0.1, -0.05) is 42.5 Å². The van der Waals surface area contributed by atoms with Crippen LogP contribution < -0.4 is 5.32 Å². The minimum Gasteiger partial charge on any atom is -0.467 e. The molecule has 2 rings (SSSR count). The number of methoxy groups -OCH3 is 1. The van der Waals surface area contributed by atoms with Crippen LogP contribution in [0.15, 0.2) is 42.5 Å². The van der Waals surface area contributed by atoms with Crippen molar-refractivity contribution in [1.82, 2.24) is 5.32 Å². The Morgan fingerprint density at radius 1 is 1.08 bits per heavy atom. The topological polar surface area (TPSA) is 64.6 Å². The molecule has 0 aromatic heterocycles. The van der Waals surface area contributed by atoms with Crippen molar-refractivity contribution < 1.29 is 19.1 Å². The van der Waals surface area contributed by atoms with Crippen LogP contribution in [0.3, 0.4) is 0 Å². The van der Waals surface area contributed by atoms with Crippen LogP contribution in [0.5, 0.6) is 0 Å².